The molecule has 0 N–H and O–H groups in total. The zero-order chi connectivity index (χ0) is 29.4. The van der Waals surface area contributed by atoms with Gasteiger partial charge in [0.05, 0.1) is 35.9 Å². The van der Waals surface area contributed by atoms with Crippen LogP contribution in [0.25, 0.3) is 33.4 Å². The largest absolute Gasteiger partial charge is 0.497 e. The van der Waals surface area contributed by atoms with E-state index >= 15 is 0 Å². The van der Waals surface area contributed by atoms with E-state index in [4.69, 9.17) is 24.2 Å². The Labute approximate surface area is 244 Å². The Hall–Kier alpha value is -4.79. The minimum Gasteiger partial charge on any atom is -0.497 e. The van der Waals surface area contributed by atoms with Crippen LogP contribution < -0.4 is 9.47 Å². The van der Waals surface area contributed by atoms with E-state index < -0.39 is 11.7 Å². The molecule has 2 aromatic carbocycles. The number of methoxy groups -OCH3 is 1. The second kappa shape index (κ2) is 10.9. The Morgan fingerprint density at radius 2 is 1.76 bits per heavy atom. The Morgan fingerprint density at radius 3 is 2.48 bits per heavy atom. The number of ether oxygens (including phenoxy) is 3. The normalized spacial score (nSPS) is 13.3. The van der Waals surface area contributed by atoms with E-state index in [-0.39, 0.29) is 0 Å². The lowest BCUT2D eigenvalue weighted by Gasteiger charge is -2.19. The zero-order valence-electron chi connectivity index (χ0n) is 24.4. The maximum Gasteiger partial charge on any atom is 0.419 e. The Kier molecular flexibility index (Phi) is 7.10. The Bertz CT molecular complexity index is 1770. The molecular formula is C33H33N5O4. The number of carbonyl (C=O) groups is 1. The highest BCUT2D eigenvalue weighted by atomic mass is 16.6. The number of nitrogens with zero attached hydrogens (tertiary/aromatic N) is 5. The molecule has 0 radical (unpaired) electrons. The second-order valence-electron chi connectivity index (χ2n) is 11.5. The predicted octanol–water partition coefficient (Wildman–Crippen LogP) is 7.11. The summed E-state index contributed by atoms with van der Waals surface area (Å²) in [7, 11) is 1.64. The Morgan fingerprint density at radius 1 is 0.976 bits per heavy atom. The van der Waals surface area contributed by atoms with Crippen LogP contribution in [0.15, 0.2) is 67.1 Å². The average Bonchev–Trinajstić information content (AvgIpc) is 3.75. The van der Waals surface area contributed by atoms with Gasteiger partial charge in [-0.3, -0.25) is 9.55 Å². The molecule has 0 bridgehead atoms. The third kappa shape index (κ3) is 5.95. The van der Waals surface area contributed by atoms with Crippen molar-refractivity contribution in [2.24, 2.45) is 0 Å². The summed E-state index contributed by atoms with van der Waals surface area (Å²) in [6, 6.07) is 15.4. The maximum atomic E-state index is 13.3. The van der Waals surface area contributed by atoms with Gasteiger partial charge in [-0.15, -0.1) is 0 Å². The molecule has 0 amide bonds. The lowest BCUT2D eigenvalue weighted by Crippen LogP contribution is -2.26. The molecule has 1 fully saturated rings. The van der Waals surface area contributed by atoms with Gasteiger partial charge < -0.3 is 14.2 Å². The van der Waals surface area contributed by atoms with Crippen LogP contribution in [0.1, 0.15) is 56.6 Å². The number of aromatic nitrogens is 5. The van der Waals surface area contributed by atoms with Gasteiger partial charge >= 0.3 is 6.09 Å². The molecule has 9 nitrogen and oxygen atoms in total. The quantitative estimate of drug-likeness (QED) is 0.206. The number of hydrogen-bond donors (Lipinski definition) is 0. The molecule has 1 saturated carbocycles. The first-order chi connectivity index (χ1) is 20.2. The van der Waals surface area contributed by atoms with Gasteiger partial charge in [0, 0.05) is 40.9 Å². The van der Waals surface area contributed by atoms with Gasteiger partial charge in [0.15, 0.2) is 0 Å². The zero-order valence-corrected chi connectivity index (χ0v) is 24.4. The maximum absolute atomic E-state index is 13.3. The highest BCUT2D eigenvalue weighted by Crippen LogP contribution is 2.40. The van der Waals surface area contributed by atoms with Crippen LogP contribution in [0.5, 0.6) is 11.6 Å². The van der Waals surface area contributed by atoms with Crippen LogP contribution in [-0.2, 0) is 11.3 Å². The molecule has 1 aliphatic rings. The molecule has 0 saturated heterocycles. The number of carbonyl (C=O) groups excluding carboxylic acids is 1. The molecule has 0 spiro atoms. The first kappa shape index (κ1) is 27.4. The van der Waals surface area contributed by atoms with E-state index in [2.05, 4.69) is 9.97 Å². The first-order valence-corrected chi connectivity index (χ1v) is 14.0. The van der Waals surface area contributed by atoms with Crippen LogP contribution in [0, 0.1) is 6.92 Å². The van der Waals surface area contributed by atoms with E-state index in [1.165, 1.54) is 4.57 Å². The van der Waals surface area contributed by atoms with Gasteiger partial charge in [-0.1, -0.05) is 18.2 Å². The summed E-state index contributed by atoms with van der Waals surface area (Å²) < 4.78 is 18.6. The molecule has 1 aliphatic carbocycles. The first-order valence-electron chi connectivity index (χ1n) is 14.0. The lowest BCUT2D eigenvalue weighted by molar-refractivity contribution is 0.0544. The summed E-state index contributed by atoms with van der Waals surface area (Å²) in [4.78, 5) is 31.8. The van der Waals surface area contributed by atoms with E-state index in [9.17, 15) is 4.79 Å². The molecule has 0 unspecified atom stereocenters. The average molecular weight is 564 g/mol. The molecule has 214 valence electrons. The van der Waals surface area contributed by atoms with Crippen molar-refractivity contribution in [1.29, 1.82) is 0 Å². The van der Waals surface area contributed by atoms with E-state index in [1.807, 2.05) is 76.4 Å². The van der Waals surface area contributed by atoms with Crippen LogP contribution in [-0.4, -0.2) is 43.3 Å². The topological polar surface area (TPSA) is 101 Å². The van der Waals surface area contributed by atoms with Gasteiger partial charge in [0.25, 0.3) is 0 Å². The molecule has 9 heteroatoms. The number of hydrogen-bond acceptors (Lipinski definition) is 8. The minimum atomic E-state index is -0.652. The van der Waals surface area contributed by atoms with Crippen molar-refractivity contribution in [1.82, 2.24) is 24.5 Å². The molecular weight excluding hydrogens is 530 g/mol. The highest BCUT2D eigenvalue weighted by molar-refractivity contribution is 6.01. The monoisotopic (exact) mass is 563 g/mol. The van der Waals surface area contributed by atoms with Crippen molar-refractivity contribution in [3.63, 3.8) is 0 Å². The fourth-order valence-corrected chi connectivity index (χ4v) is 4.78. The highest BCUT2D eigenvalue weighted by Gasteiger charge is 2.26. The van der Waals surface area contributed by atoms with Crippen molar-refractivity contribution in [2.45, 2.75) is 58.7 Å². The predicted molar refractivity (Wildman–Crippen MR) is 160 cm³/mol. The van der Waals surface area contributed by atoms with Crippen molar-refractivity contribution < 1.29 is 19.0 Å². The van der Waals surface area contributed by atoms with Gasteiger partial charge in [-0.25, -0.2) is 14.8 Å². The third-order valence-corrected chi connectivity index (χ3v) is 6.98. The lowest BCUT2D eigenvalue weighted by atomic mass is 10.1. The van der Waals surface area contributed by atoms with Gasteiger partial charge in [0.2, 0.25) is 5.88 Å². The van der Waals surface area contributed by atoms with Gasteiger partial charge in [0.1, 0.15) is 23.8 Å². The molecule has 3 heterocycles. The van der Waals surface area contributed by atoms with Crippen molar-refractivity contribution in [2.75, 3.05) is 7.11 Å². The number of aryl methyl sites for hydroxylation is 1. The van der Waals surface area contributed by atoms with Gasteiger partial charge in [-0.05, 0) is 70.4 Å². The molecule has 5 aromatic rings. The SMILES string of the molecule is COc1ccc(COc2cc(-c3cn(C(=O)OC(C)(C)C)c4ccc(-c5cncc(C6CC6)n5)cc34)nc(C)n2)cc1. The standard InChI is InChI=1S/C33H33N5O4/c1-20-35-27(15-31(36-20)41-19-21-6-11-24(40-5)12-7-21)26-18-38(32(39)42-33(2,3)4)30-13-10-23(14-25(26)30)29-17-34-16-28(37-29)22-8-9-22/h6-7,10-18,22H,8-9,19H2,1-5H3. The van der Waals surface area contributed by atoms with E-state index in [0.717, 1.165) is 52.1 Å². The molecule has 0 aliphatic heterocycles. The van der Waals surface area contributed by atoms with Crippen LogP contribution in [0.4, 0.5) is 4.79 Å². The fourth-order valence-electron chi connectivity index (χ4n) is 4.78. The van der Waals surface area contributed by atoms with Crippen LogP contribution in [0.3, 0.4) is 0 Å². The second-order valence-corrected chi connectivity index (χ2v) is 11.5. The Balaban J connectivity index is 1.41. The van der Waals surface area contributed by atoms with E-state index in [1.54, 1.807) is 25.6 Å². The third-order valence-electron chi connectivity index (χ3n) is 6.98. The summed E-state index contributed by atoms with van der Waals surface area (Å²) in [6.45, 7) is 7.70. The smallest absolute Gasteiger partial charge is 0.419 e. The van der Waals surface area contributed by atoms with Crippen LogP contribution in [0.2, 0.25) is 0 Å². The summed E-state index contributed by atoms with van der Waals surface area (Å²) in [6.07, 6.45) is 7.22. The number of rotatable bonds is 7. The van der Waals surface area contributed by atoms with Crippen molar-refractivity contribution in [3.05, 3.63) is 84.2 Å². The fraction of sp³-hybridized carbons (Fsp3) is 0.303. The number of benzene rings is 2. The summed E-state index contributed by atoms with van der Waals surface area (Å²) in [5.74, 6) is 2.26. The molecule has 42 heavy (non-hydrogen) atoms. The molecule has 3 aromatic heterocycles. The summed E-state index contributed by atoms with van der Waals surface area (Å²) >= 11 is 0. The van der Waals surface area contributed by atoms with Gasteiger partial charge in [-0.2, -0.15) is 4.98 Å². The molecule has 6 rings (SSSR count). The molecule has 0 atom stereocenters. The van der Waals surface area contributed by atoms with Crippen LogP contribution >= 0.6 is 0 Å². The summed E-state index contributed by atoms with van der Waals surface area (Å²) in [5, 5.41) is 0.830. The van der Waals surface area contributed by atoms with E-state index in [0.29, 0.717) is 35.4 Å². The van der Waals surface area contributed by atoms with Crippen molar-refractivity contribution >= 4 is 17.0 Å². The number of fused-ring (bicyclic) bond motifs is 1. The minimum absolute atomic E-state index is 0.333. The summed E-state index contributed by atoms with van der Waals surface area (Å²) in [5.41, 5.74) is 5.13. The van der Waals surface area contributed by atoms with Crippen molar-refractivity contribution in [3.8, 4) is 34.1 Å².